The molecule has 1 aliphatic rings. The summed E-state index contributed by atoms with van der Waals surface area (Å²) in [4.78, 5) is 12.8. The number of aromatic nitrogens is 1. The third kappa shape index (κ3) is 4.84. The van der Waals surface area contributed by atoms with E-state index in [-0.39, 0.29) is 28.2 Å². The summed E-state index contributed by atoms with van der Waals surface area (Å²) in [5.41, 5.74) is 1.44. The van der Waals surface area contributed by atoms with E-state index >= 15 is 0 Å². The molecule has 1 amide bonds. The molecule has 0 aliphatic carbocycles. The van der Waals surface area contributed by atoms with Gasteiger partial charge in [0.25, 0.3) is 5.91 Å². The fourth-order valence-corrected chi connectivity index (χ4v) is 5.77. The predicted molar refractivity (Wildman–Crippen MR) is 123 cm³/mol. The van der Waals surface area contributed by atoms with Crippen molar-refractivity contribution in [1.82, 2.24) is 9.46 Å². The molecule has 0 radical (unpaired) electrons. The Bertz CT molecular complexity index is 1250. The van der Waals surface area contributed by atoms with Gasteiger partial charge in [-0.25, -0.2) is 12.8 Å². The van der Waals surface area contributed by atoms with Crippen LogP contribution in [0.5, 0.6) is 0 Å². The lowest BCUT2D eigenvalue weighted by Gasteiger charge is -2.34. The summed E-state index contributed by atoms with van der Waals surface area (Å²) in [6.45, 7) is 4.18. The van der Waals surface area contributed by atoms with Gasteiger partial charge >= 0.3 is 0 Å². The third-order valence-electron chi connectivity index (χ3n) is 5.96. The van der Waals surface area contributed by atoms with E-state index in [2.05, 4.69) is 10.5 Å². The molecule has 174 valence electrons. The van der Waals surface area contributed by atoms with Crippen LogP contribution in [0.1, 0.15) is 48.7 Å². The van der Waals surface area contributed by atoms with Gasteiger partial charge in [-0.1, -0.05) is 30.6 Å². The number of hydrogen-bond acceptors (Lipinski definition) is 5. The minimum Gasteiger partial charge on any atom is -0.355 e. The maximum Gasteiger partial charge on any atom is 0.277 e. The largest absolute Gasteiger partial charge is 0.355 e. The van der Waals surface area contributed by atoms with Crippen molar-refractivity contribution in [2.24, 2.45) is 0 Å². The number of sulfonamides is 1. The van der Waals surface area contributed by atoms with Crippen LogP contribution < -0.4 is 5.32 Å². The second kappa shape index (κ2) is 9.44. The highest BCUT2D eigenvalue weighted by molar-refractivity contribution is 7.89. The lowest BCUT2D eigenvalue weighted by Crippen LogP contribution is -2.43. The number of hydrogen-bond donors (Lipinski definition) is 1. The van der Waals surface area contributed by atoms with Crippen molar-refractivity contribution in [3.05, 3.63) is 65.6 Å². The molecule has 1 unspecified atom stereocenters. The standard InChI is InChI=1S/C24H26FN3O4S/c1-3-19-6-4-5-13-28(19)33(30,31)20-11-9-18(10-12-20)26-24(29)22-15-23(32-27-22)17-8-7-16(2)21(25)14-17/h7-12,14-15,19H,3-6,13H2,1-2H3,(H,26,29). The second-order valence-electron chi connectivity index (χ2n) is 8.19. The first-order valence-corrected chi connectivity index (χ1v) is 12.4. The van der Waals surface area contributed by atoms with Crippen LogP contribution in [-0.2, 0) is 10.0 Å². The maximum absolute atomic E-state index is 13.8. The van der Waals surface area contributed by atoms with E-state index in [0.717, 1.165) is 25.7 Å². The summed E-state index contributed by atoms with van der Waals surface area (Å²) in [7, 11) is -3.59. The number of anilines is 1. The second-order valence-corrected chi connectivity index (χ2v) is 10.1. The van der Waals surface area contributed by atoms with Gasteiger partial charge in [-0.3, -0.25) is 4.79 Å². The van der Waals surface area contributed by atoms with Gasteiger partial charge in [-0.2, -0.15) is 4.31 Å². The van der Waals surface area contributed by atoms with Crippen LogP contribution in [0.4, 0.5) is 10.1 Å². The Morgan fingerprint density at radius 3 is 2.64 bits per heavy atom. The fraction of sp³-hybridized carbons (Fsp3) is 0.333. The van der Waals surface area contributed by atoms with Crippen LogP contribution in [-0.4, -0.2) is 36.4 Å². The molecule has 0 bridgehead atoms. The lowest BCUT2D eigenvalue weighted by atomic mass is 10.0. The van der Waals surface area contributed by atoms with Crippen LogP contribution in [0.25, 0.3) is 11.3 Å². The smallest absolute Gasteiger partial charge is 0.277 e. The van der Waals surface area contributed by atoms with Gasteiger partial charge in [-0.15, -0.1) is 0 Å². The van der Waals surface area contributed by atoms with E-state index in [0.29, 0.717) is 23.4 Å². The highest BCUT2D eigenvalue weighted by Crippen LogP contribution is 2.28. The first kappa shape index (κ1) is 23.1. The molecule has 1 aromatic heterocycles. The number of carbonyl (C=O) groups excluding carboxylic acids is 1. The molecule has 1 N–H and O–H groups in total. The molecule has 3 aromatic rings. The van der Waals surface area contributed by atoms with Crippen LogP contribution in [0.2, 0.25) is 0 Å². The monoisotopic (exact) mass is 471 g/mol. The quantitative estimate of drug-likeness (QED) is 0.546. The lowest BCUT2D eigenvalue weighted by molar-refractivity contribution is 0.101. The van der Waals surface area contributed by atoms with E-state index in [1.165, 1.54) is 24.3 Å². The van der Waals surface area contributed by atoms with Gasteiger partial charge in [0.15, 0.2) is 11.5 Å². The molecular formula is C24H26FN3O4S. The van der Waals surface area contributed by atoms with Gasteiger partial charge in [0.2, 0.25) is 10.0 Å². The van der Waals surface area contributed by atoms with E-state index < -0.39 is 15.9 Å². The van der Waals surface area contributed by atoms with Crippen molar-refractivity contribution >= 4 is 21.6 Å². The molecule has 1 fully saturated rings. The SMILES string of the molecule is CCC1CCCCN1S(=O)(=O)c1ccc(NC(=O)c2cc(-c3ccc(C)c(F)c3)on2)cc1. The minimum atomic E-state index is -3.59. The Labute approximate surface area is 192 Å². The van der Waals surface area contributed by atoms with E-state index in [4.69, 9.17) is 4.52 Å². The number of amides is 1. The van der Waals surface area contributed by atoms with E-state index in [1.54, 1.807) is 35.5 Å². The number of piperidine rings is 1. The summed E-state index contributed by atoms with van der Waals surface area (Å²) >= 11 is 0. The molecule has 4 rings (SSSR count). The van der Waals surface area contributed by atoms with Gasteiger partial charge in [0.05, 0.1) is 4.90 Å². The molecule has 0 spiro atoms. The Morgan fingerprint density at radius 1 is 1.18 bits per heavy atom. The van der Waals surface area contributed by atoms with Crippen LogP contribution in [0, 0.1) is 12.7 Å². The zero-order chi connectivity index (χ0) is 23.6. The molecule has 7 nitrogen and oxygen atoms in total. The predicted octanol–water partition coefficient (Wildman–Crippen LogP) is 4.99. The van der Waals surface area contributed by atoms with Crippen LogP contribution in [0.15, 0.2) is 57.9 Å². The summed E-state index contributed by atoms with van der Waals surface area (Å²) in [6.07, 6.45) is 3.55. The molecule has 9 heteroatoms. The average Bonchev–Trinajstić information content (AvgIpc) is 3.32. The molecule has 2 aromatic carbocycles. The minimum absolute atomic E-state index is 0.0199. The summed E-state index contributed by atoms with van der Waals surface area (Å²) in [5.74, 6) is -0.623. The molecule has 0 saturated carbocycles. The normalized spacial score (nSPS) is 17.1. The molecule has 33 heavy (non-hydrogen) atoms. The summed E-state index contributed by atoms with van der Waals surface area (Å²) in [6, 6.07) is 12.2. The zero-order valence-electron chi connectivity index (χ0n) is 18.5. The molecule has 1 atom stereocenters. The van der Waals surface area contributed by atoms with E-state index in [1.807, 2.05) is 6.92 Å². The van der Waals surface area contributed by atoms with Gasteiger partial charge in [0, 0.05) is 29.9 Å². The average molecular weight is 472 g/mol. The Morgan fingerprint density at radius 2 is 1.94 bits per heavy atom. The van der Waals surface area contributed by atoms with Crippen molar-refractivity contribution in [3.8, 4) is 11.3 Å². The van der Waals surface area contributed by atoms with Crippen molar-refractivity contribution in [3.63, 3.8) is 0 Å². The van der Waals surface area contributed by atoms with Crippen molar-refractivity contribution < 1.29 is 22.1 Å². The number of benzene rings is 2. The molecular weight excluding hydrogens is 445 g/mol. The molecule has 2 heterocycles. The number of aryl methyl sites for hydroxylation is 1. The first-order chi connectivity index (χ1) is 15.8. The topological polar surface area (TPSA) is 92.5 Å². The molecule has 1 aliphatic heterocycles. The van der Waals surface area contributed by atoms with Crippen LogP contribution in [0.3, 0.4) is 0 Å². The fourth-order valence-electron chi connectivity index (χ4n) is 4.00. The van der Waals surface area contributed by atoms with Gasteiger partial charge < -0.3 is 9.84 Å². The third-order valence-corrected chi connectivity index (χ3v) is 7.93. The van der Waals surface area contributed by atoms with Crippen molar-refractivity contribution in [1.29, 1.82) is 0 Å². The summed E-state index contributed by atoms with van der Waals surface area (Å²) in [5, 5.41) is 6.44. The number of nitrogens with zero attached hydrogens (tertiary/aromatic N) is 2. The number of nitrogens with one attached hydrogen (secondary N) is 1. The number of rotatable bonds is 6. The molecule has 1 saturated heterocycles. The van der Waals surface area contributed by atoms with Crippen LogP contribution >= 0.6 is 0 Å². The first-order valence-electron chi connectivity index (χ1n) is 11.0. The van der Waals surface area contributed by atoms with Crippen molar-refractivity contribution in [2.75, 3.05) is 11.9 Å². The van der Waals surface area contributed by atoms with E-state index in [9.17, 15) is 17.6 Å². The van der Waals surface area contributed by atoms with Crippen molar-refractivity contribution in [2.45, 2.75) is 50.5 Å². The summed E-state index contributed by atoms with van der Waals surface area (Å²) < 4.78 is 46.8. The van der Waals surface area contributed by atoms with Gasteiger partial charge in [0.1, 0.15) is 5.82 Å². The Hall–Kier alpha value is -3.04. The maximum atomic E-state index is 13.8. The zero-order valence-corrected chi connectivity index (χ0v) is 19.4. The Kier molecular flexibility index (Phi) is 6.62. The Balaban J connectivity index is 1.46. The van der Waals surface area contributed by atoms with Gasteiger partial charge in [-0.05, 0) is 62.1 Å². The number of halogens is 1. The number of carbonyl (C=O) groups is 1. The highest BCUT2D eigenvalue weighted by Gasteiger charge is 2.32. The highest BCUT2D eigenvalue weighted by atomic mass is 32.2.